The lowest BCUT2D eigenvalue weighted by atomic mass is 9.34. The molecule has 0 unspecified atom stereocenters. The molecule has 11 rings (SSSR count). The molecule has 2 spiro atoms. The van der Waals surface area contributed by atoms with Crippen molar-refractivity contribution in [1.82, 2.24) is 5.32 Å². The molecular formula is C54H57N3O7. The first-order chi connectivity index (χ1) is 31.1. The van der Waals surface area contributed by atoms with Gasteiger partial charge in [0.05, 0.1) is 23.2 Å². The lowest BCUT2D eigenvalue weighted by molar-refractivity contribution is -0.167. The molecule has 2 aliphatic heterocycles. The molecular weight excluding hydrogens is 803 g/mol. The second-order valence-corrected chi connectivity index (χ2v) is 19.6. The second kappa shape index (κ2) is 15.5. The number of nitrogens with one attached hydrogen (secondary N) is 1. The first kappa shape index (κ1) is 41.1. The number of phenolic OH excluding ortho intramolecular Hbond substituents is 5. The predicted molar refractivity (Wildman–Crippen MR) is 250 cm³/mol. The minimum Gasteiger partial charge on any atom is -0.507 e. The first-order valence-corrected chi connectivity index (χ1v) is 23.3. The fourth-order valence-corrected chi connectivity index (χ4v) is 14.5. The number of benzene rings is 4. The van der Waals surface area contributed by atoms with E-state index in [1.807, 2.05) is 0 Å². The van der Waals surface area contributed by atoms with Gasteiger partial charge < -0.3 is 35.7 Å². The number of phenols is 5. The summed E-state index contributed by atoms with van der Waals surface area (Å²) in [5.74, 6) is -0.512. The highest BCUT2D eigenvalue weighted by Crippen LogP contribution is 2.77. The van der Waals surface area contributed by atoms with Gasteiger partial charge in [-0.3, -0.25) is 15.3 Å². The number of nitrogens with zero attached hydrogens (tertiary/aromatic N) is 2. The van der Waals surface area contributed by atoms with E-state index in [1.54, 1.807) is 30.4 Å². The topological polar surface area (TPSA) is 178 Å². The normalized spacial score (nSPS) is 32.4. The SMILES string of the molecule is OCCC1=CC2=C[C@@H]3CCC[C@]34CC[C@@]35CCC[C@@H]3C=C[C@@H](O)[C@@H]5[C@]4(C3=NCN=C3)[C@H]2N[C@H]1c1ccc(CCc2c(O)c(O)c3c(O)cccc3c2/C=C/c2ccc(O)c(O)c2)cc1. The largest absolute Gasteiger partial charge is 0.507 e. The van der Waals surface area contributed by atoms with Crippen molar-refractivity contribution in [3.63, 3.8) is 0 Å². The number of aliphatic hydroxyl groups is 2. The van der Waals surface area contributed by atoms with Gasteiger partial charge in [-0.2, -0.15) is 0 Å². The average molecular weight is 860 g/mol. The van der Waals surface area contributed by atoms with Gasteiger partial charge in [0.25, 0.3) is 0 Å². The minimum atomic E-state index is -0.585. The van der Waals surface area contributed by atoms with Crippen LogP contribution in [0.5, 0.6) is 28.7 Å². The van der Waals surface area contributed by atoms with Crippen molar-refractivity contribution in [2.75, 3.05) is 13.3 Å². The van der Waals surface area contributed by atoms with Gasteiger partial charge >= 0.3 is 0 Å². The quantitative estimate of drug-likeness (QED) is 0.0467. The predicted octanol–water partition coefficient (Wildman–Crippen LogP) is 8.97. The monoisotopic (exact) mass is 859 g/mol. The van der Waals surface area contributed by atoms with Crippen molar-refractivity contribution < 1.29 is 35.7 Å². The van der Waals surface area contributed by atoms with Crippen LogP contribution >= 0.6 is 0 Å². The Labute approximate surface area is 373 Å². The number of aromatic hydroxyl groups is 5. The van der Waals surface area contributed by atoms with E-state index in [0.717, 1.165) is 67.4 Å². The smallest absolute Gasteiger partial charge is 0.169 e. The molecule has 7 aliphatic rings. The molecule has 3 fully saturated rings. The lowest BCUT2D eigenvalue weighted by Crippen LogP contribution is -2.74. The van der Waals surface area contributed by atoms with Crippen LogP contribution in [0, 0.1) is 34.0 Å². The molecule has 4 aromatic carbocycles. The molecule has 10 nitrogen and oxygen atoms in total. The van der Waals surface area contributed by atoms with Gasteiger partial charge in [0.2, 0.25) is 0 Å². The molecule has 8 N–H and O–H groups in total. The van der Waals surface area contributed by atoms with Crippen molar-refractivity contribution in [2.45, 2.75) is 88.8 Å². The van der Waals surface area contributed by atoms with E-state index in [0.29, 0.717) is 59.8 Å². The van der Waals surface area contributed by atoms with Crippen LogP contribution in [0.4, 0.5) is 0 Å². The van der Waals surface area contributed by atoms with E-state index in [1.165, 1.54) is 30.2 Å². The Balaban J connectivity index is 0.953. The van der Waals surface area contributed by atoms with Crippen LogP contribution < -0.4 is 5.32 Å². The van der Waals surface area contributed by atoms with E-state index in [2.05, 4.69) is 60.1 Å². The Morgan fingerprint density at radius 2 is 1.61 bits per heavy atom. The number of rotatable bonds is 9. The summed E-state index contributed by atoms with van der Waals surface area (Å²) >= 11 is 0. The van der Waals surface area contributed by atoms with Gasteiger partial charge in [0.15, 0.2) is 23.0 Å². The van der Waals surface area contributed by atoms with Gasteiger partial charge in [0.1, 0.15) is 12.4 Å². The van der Waals surface area contributed by atoms with Crippen molar-refractivity contribution in [3.05, 3.63) is 124 Å². The number of allylic oxidation sites excluding steroid dienone is 2. The highest BCUT2D eigenvalue weighted by atomic mass is 16.3. The van der Waals surface area contributed by atoms with Crippen LogP contribution in [0.1, 0.15) is 91.6 Å². The Bertz CT molecular complexity index is 2730. The van der Waals surface area contributed by atoms with Crippen LogP contribution in [0.15, 0.2) is 106 Å². The van der Waals surface area contributed by atoms with Crippen LogP contribution in [-0.2, 0) is 12.8 Å². The maximum absolute atomic E-state index is 12.5. The molecule has 9 atom stereocenters. The molecule has 0 bridgehead atoms. The molecule has 0 amide bonds. The van der Waals surface area contributed by atoms with Crippen molar-refractivity contribution in [2.24, 2.45) is 44.0 Å². The molecule has 0 saturated heterocycles. The number of hydrogen-bond acceptors (Lipinski definition) is 10. The molecule has 2 heterocycles. The molecule has 5 aliphatic carbocycles. The Morgan fingerprint density at radius 3 is 2.41 bits per heavy atom. The van der Waals surface area contributed by atoms with Crippen molar-refractivity contribution in [3.8, 4) is 28.7 Å². The third kappa shape index (κ3) is 5.94. The summed E-state index contributed by atoms with van der Waals surface area (Å²) in [7, 11) is 0. The maximum Gasteiger partial charge on any atom is 0.169 e. The summed E-state index contributed by atoms with van der Waals surface area (Å²) in [6, 6.07) is 17.7. The molecule has 3 saturated carbocycles. The standard InChI is InChI=1S/C54H57N3O7/c58-25-20-34-27-35-28-37-5-3-22-53(37)24-23-52-21-2-4-36(52)15-19-43(61)50(52)54(53,45-29-55-30-56-45)51(35)57-47(34)33-13-8-31(9-14-33)10-17-40-38(16-11-32-12-18-41(59)44(62)26-32)39-6-1-7-42(60)46(39)49(64)48(40)63/h1,6-9,11-16,18-19,26-29,36-37,43,47,50-51,57-64H,2-5,10,17,20-25,30H2/b16-11+/t36-,37+,43-,47+,50+,51+,52+,53+,54-/m1/s1. The molecule has 64 heavy (non-hydrogen) atoms. The zero-order valence-corrected chi connectivity index (χ0v) is 36.0. The van der Waals surface area contributed by atoms with E-state index >= 15 is 0 Å². The molecule has 10 heteroatoms. The Morgan fingerprint density at radius 1 is 0.781 bits per heavy atom. The average Bonchev–Trinajstić information content (AvgIpc) is 4.08. The summed E-state index contributed by atoms with van der Waals surface area (Å²) in [5, 5.41) is 81.4. The van der Waals surface area contributed by atoms with Crippen LogP contribution in [0.25, 0.3) is 22.9 Å². The number of aliphatic imine (C=N–C) groups is 2. The van der Waals surface area contributed by atoms with Gasteiger partial charge in [-0.15, -0.1) is 0 Å². The third-order valence-corrected chi connectivity index (χ3v) is 17.0. The van der Waals surface area contributed by atoms with E-state index < -0.39 is 11.5 Å². The van der Waals surface area contributed by atoms with E-state index in [9.17, 15) is 35.7 Å². The Hall–Kier alpha value is -5.68. The summed E-state index contributed by atoms with van der Waals surface area (Å²) in [6.45, 7) is 0.453. The van der Waals surface area contributed by atoms with Gasteiger partial charge in [-0.05, 0) is 137 Å². The minimum absolute atomic E-state index is 0.00265. The van der Waals surface area contributed by atoms with Crippen LogP contribution in [-0.4, -0.2) is 73.1 Å². The zero-order chi connectivity index (χ0) is 44.0. The van der Waals surface area contributed by atoms with E-state index in [4.69, 9.17) is 9.98 Å². The van der Waals surface area contributed by atoms with E-state index in [-0.39, 0.29) is 69.6 Å². The summed E-state index contributed by atoms with van der Waals surface area (Å²) in [5.41, 5.74) is 6.78. The van der Waals surface area contributed by atoms with Crippen LogP contribution in [0.2, 0.25) is 0 Å². The van der Waals surface area contributed by atoms with Crippen LogP contribution in [0.3, 0.4) is 0 Å². The number of hydrogen-bond donors (Lipinski definition) is 8. The zero-order valence-electron chi connectivity index (χ0n) is 36.0. The third-order valence-electron chi connectivity index (χ3n) is 17.0. The number of fused-ring (bicyclic) bond motifs is 4. The summed E-state index contributed by atoms with van der Waals surface area (Å²) < 4.78 is 0. The van der Waals surface area contributed by atoms with Crippen molar-refractivity contribution >= 4 is 34.9 Å². The molecule has 0 aromatic heterocycles. The highest BCUT2D eigenvalue weighted by Gasteiger charge is 2.76. The molecule has 330 valence electrons. The number of aliphatic hydroxyl groups excluding tert-OH is 2. The summed E-state index contributed by atoms with van der Waals surface area (Å²) in [4.78, 5) is 10.0. The second-order valence-electron chi connectivity index (χ2n) is 19.6. The highest BCUT2D eigenvalue weighted by molar-refractivity contribution is 6.35. The molecule has 4 aromatic rings. The fraction of sp³-hybridized carbons (Fsp3) is 0.407. The first-order valence-electron chi connectivity index (χ1n) is 23.3. The summed E-state index contributed by atoms with van der Waals surface area (Å²) in [6.07, 6.45) is 24.9. The molecule has 0 radical (unpaired) electrons. The van der Waals surface area contributed by atoms with Crippen molar-refractivity contribution in [1.29, 1.82) is 0 Å². The van der Waals surface area contributed by atoms with Gasteiger partial charge in [-0.1, -0.05) is 91.8 Å². The van der Waals surface area contributed by atoms with Gasteiger partial charge in [0, 0.05) is 35.8 Å². The Kier molecular flexibility index (Phi) is 9.94. The lowest BCUT2D eigenvalue weighted by Gasteiger charge is -2.71. The number of aryl methyl sites for hydroxylation is 1. The van der Waals surface area contributed by atoms with Gasteiger partial charge in [-0.25, -0.2) is 0 Å². The maximum atomic E-state index is 12.5. The fourth-order valence-electron chi connectivity index (χ4n) is 14.5.